The van der Waals surface area contributed by atoms with Gasteiger partial charge in [0.05, 0.1) is 0 Å². The molecule has 0 spiro atoms. The highest BCUT2D eigenvalue weighted by atomic mass is 16.5. The van der Waals surface area contributed by atoms with Gasteiger partial charge in [-0.15, -0.1) is 0 Å². The molecule has 1 unspecified atom stereocenters. The van der Waals surface area contributed by atoms with Gasteiger partial charge < -0.3 is 10.1 Å². The lowest BCUT2D eigenvalue weighted by molar-refractivity contribution is 0.00875. The van der Waals surface area contributed by atoms with Crippen molar-refractivity contribution in [2.24, 2.45) is 5.41 Å². The van der Waals surface area contributed by atoms with E-state index in [4.69, 9.17) is 4.74 Å². The molecule has 1 heterocycles. The Labute approximate surface area is 97.5 Å². The smallest absolute Gasteiger partial charge is 0.159 e. The number of methoxy groups -OCH3 is 1. The molecule has 0 aliphatic heterocycles. The summed E-state index contributed by atoms with van der Waals surface area (Å²) in [6, 6.07) is 1.86. The van der Waals surface area contributed by atoms with Crippen LogP contribution in [-0.4, -0.2) is 23.6 Å². The van der Waals surface area contributed by atoms with Crippen molar-refractivity contribution in [1.82, 2.24) is 9.97 Å². The van der Waals surface area contributed by atoms with Crippen LogP contribution < -0.4 is 5.32 Å². The summed E-state index contributed by atoms with van der Waals surface area (Å²) in [6.07, 6.45) is 1.67. The number of anilines is 1. The standard InChI is InChI=1S/C12H21N3O/c1-6-13-9-7-8-14-11(15-9)10(16-5)12(2,3)4/h7-8,10H,6H2,1-5H3,(H,13,14,15). The quantitative estimate of drug-likeness (QED) is 0.852. The van der Waals surface area contributed by atoms with Gasteiger partial charge >= 0.3 is 0 Å². The van der Waals surface area contributed by atoms with Gasteiger partial charge in [-0.3, -0.25) is 0 Å². The summed E-state index contributed by atoms with van der Waals surface area (Å²) >= 11 is 0. The van der Waals surface area contributed by atoms with E-state index < -0.39 is 0 Å². The lowest BCUT2D eigenvalue weighted by Crippen LogP contribution is -2.22. The van der Waals surface area contributed by atoms with Crippen molar-refractivity contribution in [3.63, 3.8) is 0 Å². The zero-order valence-electron chi connectivity index (χ0n) is 10.7. The fourth-order valence-electron chi connectivity index (χ4n) is 1.63. The van der Waals surface area contributed by atoms with Gasteiger partial charge in [-0.05, 0) is 18.4 Å². The first-order valence-electron chi connectivity index (χ1n) is 5.58. The highest BCUT2D eigenvalue weighted by molar-refractivity contribution is 5.32. The molecule has 1 aromatic heterocycles. The van der Waals surface area contributed by atoms with Crippen LogP contribution >= 0.6 is 0 Å². The van der Waals surface area contributed by atoms with Crippen molar-refractivity contribution in [3.05, 3.63) is 18.1 Å². The Morgan fingerprint density at radius 1 is 1.44 bits per heavy atom. The lowest BCUT2D eigenvalue weighted by atomic mass is 9.88. The van der Waals surface area contributed by atoms with E-state index in [1.54, 1.807) is 13.3 Å². The average Bonchev–Trinajstić information content (AvgIpc) is 2.17. The largest absolute Gasteiger partial charge is 0.373 e. The topological polar surface area (TPSA) is 47.0 Å². The van der Waals surface area contributed by atoms with Crippen LogP contribution in [0, 0.1) is 5.41 Å². The van der Waals surface area contributed by atoms with Gasteiger partial charge in [0.25, 0.3) is 0 Å². The fraction of sp³-hybridized carbons (Fsp3) is 0.667. The molecule has 1 rings (SSSR count). The van der Waals surface area contributed by atoms with Crippen LogP contribution in [0.5, 0.6) is 0 Å². The predicted octanol–water partition coefficient (Wildman–Crippen LogP) is 2.64. The Kier molecular flexibility index (Phi) is 4.24. The first-order chi connectivity index (χ1) is 7.49. The number of aromatic nitrogens is 2. The summed E-state index contributed by atoms with van der Waals surface area (Å²) in [4.78, 5) is 8.74. The van der Waals surface area contributed by atoms with Gasteiger partial charge in [0.1, 0.15) is 11.9 Å². The summed E-state index contributed by atoms with van der Waals surface area (Å²) in [6.45, 7) is 9.24. The van der Waals surface area contributed by atoms with Crippen LogP contribution in [0.1, 0.15) is 39.6 Å². The highest BCUT2D eigenvalue weighted by Crippen LogP contribution is 2.33. The number of hydrogen-bond acceptors (Lipinski definition) is 4. The van der Waals surface area contributed by atoms with Crippen molar-refractivity contribution in [2.45, 2.75) is 33.8 Å². The Balaban J connectivity index is 2.97. The Morgan fingerprint density at radius 2 is 2.12 bits per heavy atom. The number of nitrogens with one attached hydrogen (secondary N) is 1. The Bertz CT molecular complexity index is 333. The van der Waals surface area contributed by atoms with Gasteiger partial charge in [0.2, 0.25) is 0 Å². The van der Waals surface area contributed by atoms with Crippen LogP contribution in [0.4, 0.5) is 5.82 Å². The second-order valence-corrected chi connectivity index (χ2v) is 4.81. The van der Waals surface area contributed by atoms with E-state index >= 15 is 0 Å². The second-order valence-electron chi connectivity index (χ2n) is 4.81. The van der Waals surface area contributed by atoms with E-state index in [0.29, 0.717) is 0 Å². The maximum absolute atomic E-state index is 5.48. The van der Waals surface area contributed by atoms with Crippen LogP contribution in [0.2, 0.25) is 0 Å². The molecule has 0 saturated heterocycles. The molecule has 4 heteroatoms. The third-order valence-corrected chi connectivity index (χ3v) is 2.29. The van der Waals surface area contributed by atoms with Crippen molar-refractivity contribution in [2.75, 3.05) is 19.0 Å². The maximum atomic E-state index is 5.48. The van der Waals surface area contributed by atoms with Crippen LogP contribution in [0.3, 0.4) is 0 Å². The van der Waals surface area contributed by atoms with E-state index in [1.807, 2.05) is 13.0 Å². The summed E-state index contributed by atoms with van der Waals surface area (Å²) < 4.78 is 5.48. The van der Waals surface area contributed by atoms with Crippen molar-refractivity contribution in [3.8, 4) is 0 Å². The van der Waals surface area contributed by atoms with E-state index in [0.717, 1.165) is 18.2 Å². The molecule has 90 valence electrons. The first-order valence-corrected chi connectivity index (χ1v) is 5.58. The Morgan fingerprint density at radius 3 is 2.62 bits per heavy atom. The minimum absolute atomic E-state index is 0.0143. The van der Waals surface area contributed by atoms with Crippen LogP contribution in [0.15, 0.2) is 12.3 Å². The molecule has 0 radical (unpaired) electrons. The monoisotopic (exact) mass is 223 g/mol. The lowest BCUT2D eigenvalue weighted by Gasteiger charge is -2.28. The van der Waals surface area contributed by atoms with Crippen molar-refractivity contribution in [1.29, 1.82) is 0 Å². The second kappa shape index (κ2) is 5.25. The van der Waals surface area contributed by atoms with Crippen molar-refractivity contribution >= 4 is 5.82 Å². The maximum Gasteiger partial charge on any atom is 0.159 e. The van der Waals surface area contributed by atoms with E-state index in [-0.39, 0.29) is 11.5 Å². The molecule has 4 nitrogen and oxygen atoms in total. The summed E-state index contributed by atoms with van der Waals surface area (Å²) in [5.74, 6) is 1.58. The zero-order chi connectivity index (χ0) is 12.2. The van der Waals surface area contributed by atoms with Gasteiger partial charge in [0.15, 0.2) is 5.82 Å². The SMILES string of the molecule is CCNc1ccnc(C(OC)C(C)(C)C)n1. The Hall–Kier alpha value is -1.16. The molecule has 0 aliphatic rings. The van der Waals surface area contributed by atoms with Gasteiger partial charge in [-0.1, -0.05) is 20.8 Å². The van der Waals surface area contributed by atoms with E-state index in [9.17, 15) is 0 Å². The summed E-state index contributed by atoms with van der Waals surface area (Å²) in [7, 11) is 1.69. The van der Waals surface area contributed by atoms with E-state index in [2.05, 4.69) is 36.1 Å². The third-order valence-electron chi connectivity index (χ3n) is 2.29. The number of rotatable bonds is 4. The summed E-state index contributed by atoms with van der Waals surface area (Å²) in [5, 5.41) is 3.17. The molecule has 0 bridgehead atoms. The number of nitrogens with zero attached hydrogens (tertiary/aromatic N) is 2. The molecule has 0 amide bonds. The zero-order valence-corrected chi connectivity index (χ0v) is 10.7. The molecule has 0 fully saturated rings. The van der Waals surface area contributed by atoms with Crippen LogP contribution in [0.25, 0.3) is 0 Å². The average molecular weight is 223 g/mol. The van der Waals surface area contributed by atoms with Gasteiger partial charge in [-0.2, -0.15) is 0 Å². The molecule has 0 saturated carbocycles. The fourth-order valence-corrected chi connectivity index (χ4v) is 1.63. The molecule has 1 N–H and O–H groups in total. The molecule has 0 aliphatic carbocycles. The predicted molar refractivity (Wildman–Crippen MR) is 65.4 cm³/mol. The minimum Gasteiger partial charge on any atom is -0.373 e. The number of hydrogen-bond donors (Lipinski definition) is 1. The first kappa shape index (κ1) is 12.9. The molecule has 1 atom stereocenters. The van der Waals surface area contributed by atoms with Gasteiger partial charge in [0, 0.05) is 19.9 Å². The summed E-state index contributed by atoms with van der Waals surface area (Å²) in [5.41, 5.74) is -0.0143. The van der Waals surface area contributed by atoms with Gasteiger partial charge in [-0.25, -0.2) is 9.97 Å². The molecular formula is C12H21N3O. The third kappa shape index (κ3) is 3.17. The van der Waals surface area contributed by atoms with Crippen molar-refractivity contribution < 1.29 is 4.74 Å². The normalized spacial score (nSPS) is 13.6. The highest BCUT2D eigenvalue weighted by Gasteiger charge is 2.28. The minimum atomic E-state index is -0.0916. The molecule has 16 heavy (non-hydrogen) atoms. The molecular weight excluding hydrogens is 202 g/mol. The molecule has 1 aromatic rings. The number of ether oxygens (including phenoxy) is 1. The van der Waals surface area contributed by atoms with Crippen LogP contribution in [-0.2, 0) is 4.74 Å². The van der Waals surface area contributed by atoms with E-state index in [1.165, 1.54) is 0 Å². The molecule has 0 aromatic carbocycles.